The number of carboxylic acids is 1. The maximum Gasteiger partial charge on any atom is 0.320 e. The van der Waals surface area contributed by atoms with E-state index >= 15 is 0 Å². The van der Waals surface area contributed by atoms with E-state index in [4.69, 9.17) is 0 Å². The fourth-order valence-corrected chi connectivity index (χ4v) is 2.30. The van der Waals surface area contributed by atoms with Crippen LogP contribution in [0.5, 0.6) is 0 Å². The lowest BCUT2D eigenvalue weighted by Crippen LogP contribution is -2.49. The van der Waals surface area contributed by atoms with Crippen molar-refractivity contribution in [3.63, 3.8) is 0 Å². The van der Waals surface area contributed by atoms with E-state index in [1.165, 1.54) is 0 Å². The van der Waals surface area contributed by atoms with Crippen LogP contribution in [0.25, 0.3) is 0 Å². The standard InChI is InChI=1S/C13H26N2O2/c1-9(2)7-11(8-15(3)4)14-12(13(16)17)10-5-6-10/h9-12,14H,5-8H2,1-4H3,(H,16,17). The molecular weight excluding hydrogens is 216 g/mol. The first-order chi connectivity index (χ1) is 7.90. The van der Waals surface area contributed by atoms with Gasteiger partial charge in [0.15, 0.2) is 0 Å². The number of nitrogens with zero attached hydrogens (tertiary/aromatic N) is 1. The van der Waals surface area contributed by atoms with Gasteiger partial charge in [0.25, 0.3) is 0 Å². The molecule has 0 spiro atoms. The molecule has 4 heteroatoms. The molecular formula is C13H26N2O2. The van der Waals surface area contributed by atoms with Crippen molar-refractivity contribution in [2.24, 2.45) is 11.8 Å². The highest BCUT2D eigenvalue weighted by Gasteiger charge is 2.37. The molecule has 0 heterocycles. The topological polar surface area (TPSA) is 52.6 Å². The van der Waals surface area contributed by atoms with Gasteiger partial charge in [0.1, 0.15) is 6.04 Å². The van der Waals surface area contributed by atoms with E-state index in [1.807, 2.05) is 14.1 Å². The van der Waals surface area contributed by atoms with Crippen molar-refractivity contribution in [3.05, 3.63) is 0 Å². The zero-order chi connectivity index (χ0) is 13.0. The van der Waals surface area contributed by atoms with E-state index in [0.717, 1.165) is 25.8 Å². The van der Waals surface area contributed by atoms with Gasteiger partial charge in [-0.2, -0.15) is 0 Å². The Kier molecular flexibility index (Phi) is 5.40. The van der Waals surface area contributed by atoms with Gasteiger partial charge >= 0.3 is 5.97 Å². The molecule has 17 heavy (non-hydrogen) atoms. The Balaban J connectivity index is 2.52. The summed E-state index contributed by atoms with van der Waals surface area (Å²) in [5.41, 5.74) is 0. The van der Waals surface area contributed by atoms with Gasteiger partial charge in [-0.25, -0.2) is 0 Å². The summed E-state index contributed by atoms with van der Waals surface area (Å²) in [5.74, 6) is 0.241. The van der Waals surface area contributed by atoms with Crippen molar-refractivity contribution >= 4 is 5.97 Å². The van der Waals surface area contributed by atoms with Gasteiger partial charge in [0, 0.05) is 12.6 Å². The minimum absolute atomic E-state index is 0.270. The van der Waals surface area contributed by atoms with Crippen LogP contribution in [-0.4, -0.2) is 48.7 Å². The van der Waals surface area contributed by atoms with Crippen LogP contribution in [0, 0.1) is 11.8 Å². The molecule has 2 atom stereocenters. The number of nitrogens with one attached hydrogen (secondary N) is 1. The van der Waals surface area contributed by atoms with E-state index in [-0.39, 0.29) is 12.1 Å². The first-order valence-corrected chi connectivity index (χ1v) is 6.53. The summed E-state index contributed by atoms with van der Waals surface area (Å²) in [5, 5.41) is 12.6. The molecule has 2 unspecified atom stereocenters. The third-order valence-electron chi connectivity index (χ3n) is 3.12. The molecule has 1 fully saturated rings. The highest BCUT2D eigenvalue weighted by atomic mass is 16.4. The smallest absolute Gasteiger partial charge is 0.320 e. The van der Waals surface area contributed by atoms with E-state index in [0.29, 0.717) is 11.8 Å². The van der Waals surface area contributed by atoms with Crippen molar-refractivity contribution in [1.29, 1.82) is 0 Å². The van der Waals surface area contributed by atoms with Crippen LogP contribution in [0.4, 0.5) is 0 Å². The lowest BCUT2D eigenvalue weighted by atomic mass is 10.0. The third-order valence-corrected chi connectivity index (χ3v) is 3.12. The number of aliphatic carboxylic acids is 1. The summed E-state index contributed by atoms with van der Waals surface area (Å²) in [6, 6.07) is -0.0783. The van der Waals surface area contributed by atoms with Gasteiger partial charge in [-0.3, -0.25) is 4.79 Å². The Morgan fingerprint density at radius 3 is 2.35 bits per heavy atom. The minimum atomic E-state index is -0.694. The van der Waals surface area contributed by atoms with Crippen molar-refractivity contribution in [2.75, 3.05) is 20.6 Å². The third kappa shape index (κ3) is 5.50. The first kappa shape index (κ1) is 14.5. The summed E-state index contributed by atoms with van der Waals surface area (Å²) in [7, 11) is 4.06. The highest BCUT2D eigenvalue weighted by molar-refractivity contribution is 5.74. The predicted molar refractivity (Wildman–Crippen MR) is 69.1 cm³/mol. The zero-order valence-corrected chi connectivity index (χ0v) is 11.4. The van der Waals surface area contributed by atoms with E-state index in [2.05, 4.69) is 24.1 Å². The van der Waals surface area contributed by atoms with Gasteiger partial charge in [0.05, 0.1) is 0 Å². The second-order valence-electron chi connectivity index (χ2n) is 5.91. The predicted octanol–water partition coefficient (Wildman–Crippen LogP) is 1.42. The number of hydrogen-bond acceptors (Lipinski definition) is 3. The Bertz CT molecular complexity index is 240. The van der Waals surface area contributed by atoms with E-state index in [9.17, 15) is 9.90 Å². The second kappa shape index (κ2) is 6.36. The Hall–Kier alpha value is -0.610. The van der Waals surface area contributed by atoms with Crippen LogP contribution in [0.2, 0.25) is 0 Å². The van der Waals surface area contributed by atoms with Crippen LogP contribution >= 0.6 is 0 Å². The van der Waals surface area contributed by atoms with Crippen molar-refractivity contribution in [2.45, 2.75) is 45.2 Å². The van der Waals surface area contributed by atoms with Gasteiger partial charge in [-0.15, -0.1) is 0 Å². The number of rotatable bonds is 8. The average Bonchev–Trinajstić information content (AvgIpc) is 2.94. The molecule has 0 radical (unpaired) electrons. The fraction of sp³-hybridized carbons (Fsp3) is 0.923. The molecule has 0 aromatic carbocycles. The molecule has 0 bridgehead atoms. The van der Waals surface area contributed by atoms with Crippen molar-refractivity contribution < 1.29 is 9.90 Å². The van der Waals surface area contributed by atoms with Crippen LogP contribution < -0.4 is 5.32 Å². The number of carboxylic acid groups (broad SMARTS) is 1. The molecule has 2 N–H and O–H groups in total. The highest BCUT2D eigenvalue weighted by Crippen LogP contribution is 2.33. The molecule has 1 rings (SSSR count). The summed E-state index contributed by atoms with van der Waals surface area (Å²) in [4.78, 5) is 13.3. The molecule has 1 saturated carbocycles. The molecule has 0 saturated heterocycles. The average molecular weight is 242 g/mol. The first-order valence-electron chi connectivity index (χ1n) is 6.53. The van der Waals surface area contributed by atoms with Gasteiger partial charge in [0.2, 0.25) is 0 Å². The van der Waals surface area contributed by atoms with Crippen LogP contribution in [0.15, 0.2) is 0 Å². The molecule has 0 aromatic rings. The molecule has 0 aliphatic heterocycles. The molecule has 1 aliphatic carbocycles. The van der Waals surface area contributed by atoms with Crippen molar-refractivity contribution in [3.8, 4) is 0 Å². The Morgan fingerprint density at radius 1 is 1.41 bits per heavy atom. The monoisotopic (exact) mass is 242 g/mol. The molecule has 0 amide bonds. The summed E-state index contributed by atoms with van der Waals surface area (Å²) in [6.07, 6.45) is 3.13. The maximum absolute atomic E-state index is 11.2. The minimum Gasteiger partial charge on any atom is -0.480 e. The number of hydrogen-bond donors (Lipinski definition) is 2. The van der Waals surface area contributed by atoms with Gasteiger partial charge in [-0.1, -0.05) is 13.8 Å². The van der Waals surface area contributed by atoms with Gasteiger partial charge < -0.3 is 15.3 Å². The summed E-state index contributed by atoms with van der Waals surface area (Å²) in [6.45, 7) is 5.25. The largest absolute Gasteiger partial charge is 0.480 e. The van der Waals surface area contributed by atoms with Gasteiger partial charge in [-0.05, 0) is 45.2 Å². The lowest BCUT2D eigenvalue weighted by molar-refractivity contribution is -0.140. The summed E-state index contributed by atoms with van der Waals surface area (Å²) < 4.78 is 0. The molecule has 1 aliphatic rings. The second-order valence-corrected chi connectivity index (χ2v) is 5.91. The Labute approximate surface area is 104 Å². The quantitative estimate of drug-likeness (QED) is 0.676. The normalized spacial score (nSPS) is 19.6. The molecule has 100 valence electrons. The van der Waals surface area contributed by atoms with Crippen LogP contribution in [-0.2, 0) is 4.79 Å². The number of carbonyl (C=O) groups is 1. The van der Waals surface area contributed by atoms with Crippen LogP contribution in [0.3, 0.4) is 0 Å². The maximum atomic E-state index is 11.2. The fourth-order valence-electron chi connectivity index (χ4n) is 2.30. The number of likely N-dealkylation sites (N-methyl/N-ethyl adjacent to an activating group) is 1. The lowest BCUT2D eigenvalue weighted by Gasteiger charge is -2.27. The SMILES string of the molecule is CC(C)CC(CN(C)C)NC(C(=O)O)C1CC1. The zero-order valence-electron chi connectivity index (χ0n) is 11.4. The van der Waals surface area contributed by atoms with Crippen molar-refractivity contribution in [1.82, 2.24) is 10.2 Å². The summed E-state index contributed by atoms with van der Waals surface area (Å²) >= 11 is 0. The van der Waals surface area contributed by atoms with E-state index in [1.54, 1.807) is 0 Å². The molecule has 0 aromatic heterocycles. The Morgan fingerprint density at radius 2 is 2.00 bits per heavy atom. The van der Waals surface area contributed by atoms with E-state index < -0.39 is 5.97 Å². The molecule has 4 nitrogen and oxygen atoms in total. The van der Waals surface area contributed by atoms with Crippen LogP contribution in [0.1, 0.15) is 33.1 Å².